The van der Waals surface area contributed by atoms with Gasteiger partial charge in [0.25, 0.3) is 0 Å². The maximum absolute atomic E-state index is 5.35. The second-order valence-corrected chi connectivity index (χ2v) is 5.15. The van der Waals surface area contributed by atoms with Crippen LogP contribution in [0.15, 0.2) is 21.2 Å². The molecule has 1 aromatic rings. The first-order valence-corrected chi connectivity index (χ1v) is 5.22. The van der Waals surface area contributed by atoms with E-state index in [0.29, 0.717) is 5.41 Å². The molecule has 1 aromatic heterocycles. The number of furan rings is 1. The highest BCUT2D eigenvalue weighted by Gasteiger charge is 2.09. The van der Waals surface area contributed by atoms with Crippen LogP contribution >= 0.6 is 15.9 Å². The number of hydrogen-bond donors (Lipinski definition) is 1. The van der Waals surface area contributed by atoms with Crippen LogP contribution < -0.4 is 5.32 Å². The molecule has 0 radical (unpaired) electrons. The van der Waals surface area contributed by atoms with E-state index in [1.165, 1.54) is 0 Å². The van der Waals surface area contributed by atoms with Crippen LogP contribution in [0.5, 0.6) is 0 Å². The third-order valence-electron chi connectivity index (χ3n) is 1.58. The van der Waals surface area contributed by atoms with Gasteiger partial charge in [-0.25, -0.2) is 0 Å². The highest BCUT2D eigenvalue weighted by atomic mass is 79.9. The Morgan fingerprint density at radius 2 is 2.08 bits per heavy atom. The van der Waals surface area contributed by atoms with Crippen molar-refractivity contribution in [2.24, 2.45) is 5.41 Å². The molecule has 0 aliphatic carbocycles. The molecule has 2 nitrogen and oxygen atoms in total. The molecule has 0 aliphatic rings. The van der Waals surface area contributed by atoms with Crippen molar-refractivity contribution < 1.29 is 4.42 Å². The average Bonchev–Trinajstić information content (AvgIpc) is 2.33. The summed E-state index contributed by atoms with van der Waals surface area (Å²) in [5.74, 6) is 0.969. The van der Waals surface area contributed by atoms with E-state index in [1.54, 1.807) is 0 Å². The van der Waals surface area contributed by atoms with Gasteiger partial charge >= 0.3 is 0 Å². The van der Waals surface area contributed by atoms with Gasteiger partial charge in [0.2, 0.25) is 0 Å². The molecule has 0 saturated heterocycles. The van der Waals surface area contributed by atoms with Gasteiger partial charge in [-0.2, -0.15) is 0 Å². The molecular formula is C10H16BrNO. The van der Waals surface area contributed by atoms with Crippen LogP contribution in [-0.2, 0) is 6.54 Å². The van der Waals surface area contributed by atoms with E-state index in [1.807, 2.05) is 12.1 Å². The zero-order chi connectivity index (χ0) is 9.90. The fourth-order valence-corrected chi connectivity index (χ4v) is 1.35. The predicted octanol–water partition coefficient (Wildman–Crippen LogP) is 3.18. The molecule has 1 heterocycles. The van der Waals surface area contributed by atoms with Gasteiger partial charge in [-0.1, -0.05) is 20.8 Å². The number of rotatable bonds is 3. The molecule has 0 spiro atoms. The second kappa shape index (κ2) is 4.29. The summed E-state index contributed by atoms with van der Waals surface area (Å²) in [6.07, 6.45) is 0. The van der Waals surface area contributed by atoms with Gasteiger partial charge in [-0.15, -0.1) is 0 Å². The molecule has 0 amide bonds. The minimum Gasteiger partial charge on any atom is -0.453 e. The van der Waals surface area contributed by atoms with Gasteiger partial charge in [0, 0.05) is 6.54 Å². The van der Waals surface area contributed by atoms with Gasteiger partial charge in [-0.05, 0) is 33.5 Å². The fraction of sp³-hybridized carbons (Fsp3) is 0.600. The van der Waals surface area contributed by atoms with Crippen LogP contribution in [0.1, 0.15) is 26.5 Å². The van der Waals surface area contributed by atoms with E-state index in [9.17, 15) is 0 Å². The minimum atomic E-state index is 0.323. The lowest BCUT2D eigenvalue weighted by molar-refractivity contribution is 0.365. The van der Waals surface area contributed by atoms with Crippen molar-refractivity contribution in [3.05, 3.63) is 22.6 Å². The van der Waals surface area contributed by atoms with E-state index in [-0.39, 0.29) is 0 Å². The highest BCUT2D eigenvalue weighted by Crippen LogP contribution is 2.14. The van der Waals surface area contributed by atoms with Crippen LogP contribution in [0.2, 0.25) is 0 Å². The van der Waals surface area contributed by atoms with Crippen LogP contribution in [0, 0.1) is 5.41 Å². The Kier molecular flexibility index (Phi) is 3.56. The molecule has 0 aliphatic heterocycles. The Morgan fingerprint density at radius 1 is 1.38 bits per heavy atom. The molecule has 0 bridgehead atoms. The first kappa shape index (κ1) is 10.8. The normalized spacial score (nSPS) is 12.0. The third-order valence-corrected chi connectivity index (χ3v) is 2.01. The zero-order valence-corrected chi connectivity index (χ0v) is 9.94. The molecule has 13 heavy (non-hydrogen) atoms. The van der Waals surface area contributed by atoms with Crippen molar-refractivity contribution in [2.45, 2.75) is 27.3 Å². The molecule has 74 valence electrons. The second-order valence-electron chi connectivity index (χ2n) is 4.37. The van der Waals surface area contributed by atoms with E-state index in [4.69, 9.17) is 4.42 Å². The lowest BCUT2D eigenvalue weighted by atomic mass is 9.97. The van der Waals surface area contributed by atoms with Crippen molar-refractivity contribution in [1.29, 1.82) is 0 Å². The van der Waals surface area contributed by atoms with Crippen molar-refractivity contribution in [2.75, 3.05) is 6.54 Å². The highest BCUT2D eigenvalue weighted by molar-refractivity contribution is 9.10. The number of hydrogen-bond acceptors (Lipinski definition) is 2. The van der Waals surface area contributed by atoms with E-state index >= 15 is 0 Å². The summed E-state index contributed by atoms with van der Waals surface area (Å²) in [5.41, 5.74) is 0.323. The largest absolute Gasteiger partial charge is 0.453 e. The van der Waals surface area contributed by atoms with Gasteiger partial charge < -0.3 is 9.73 Å². The Bertz CT molecular complexity index is 262. The first-order valence-electron chi connectivity index (χ1n) is 4.42. The lowest BCUT2D eigenvalue weighted by Crippen LogP contribution is -2.26. The summed E-state index contributed by atoms with van der Waals surface area (Å²) in [7, 11) is 0. The first-order chi connectivity index (χ1) is 5.97. The Labute approximate surface area is 87.8 Å². The topological polar surface area (TPSA) is 25.2 Å². The smallest absolute Gasteiger partial charge is 0.169 e. The molecular weight excluding hydrogens is 230 g/mol. The molecule has 3 heteroatoms. The van der Waals surface area contributed by atoms with Crippen LogP contribution in [0.4, 0.5) is 0 Å². The zero-order valence-electron chi connectivity index (χ0n) is 8.36. The Balaban J connectivity index is 2.28. The number of nitrogens with one attached hydrogen (secondary N) is 1. The van der Waals surface area contributed by atoms with Crippen molar-refractivity contribution in [1.82, 2.24) is 5.32 Å². The lowest BCUT2D eigenvalue weighted by Gasteiger charge is -2.18. The Morgan fingerprint density at radius 3 is 2.54 bits per heavy atom. The predicted molar refractivity (Wildman–Crippen MR) is 57.6 cm³/mol. The van der Waals surface area contributed by atoms with Gasteiger partial charge in [-0.3, -0.25) is 0 Å². The van der Waals surface area contributed by atoms with E-state index < -0.39 is 0 Å². The fourth-order valence-electron chi connectivity index (χ4n) is 1.01. The summed E-state index contributed by atoms with van der Waals surface area (Å²) in [6, 6.07) is 3.88. The SMILES string of the molecule is CC(C)(C)CNCc1ccc(Br)o1. The maximum Gasteiger partial charge on any atom is 0.169 e. The van der Waals surface area contributed by atoms with Crippen LogP contribution in [0.25, 0.3) is 0 Å². The number of halogens is 1. The van der Waals surface area contributed by atoms with E-state index in [0.717, 1.165) is 23.5 Å². The molecule has 0 fully saturated rings. The average molecular weight is 246 g/mol. The van der Waals surface area contributed by atoms with Crippen molar-refractivity contribution in [3.8, 4) is 0 Å². The summed E-state index contributed by atoms with van der Waals surface area (Å²) in [6.45, 7) is 8.41. The van der Waals surface area contributed by atoms with Gasteiger partial charge in [0.1, 0.15) is 5.76 Å². The standard InChI is InChI=1S/C10H16BrNO/c1-10(2,3)7-12-6-8-4-5-9(11)13-8/h4-5,12H,6-7H2,1-3H3. The summed E-state index contributed by atoms with van der Waals surface area (Å²) in [4.78, 5) is 0. The van der Waals surface area contributed by atoms with Gasteiger partial charge in [0.05, 0.1) is 6.54 Å². The third kappa shape index (κ3) is 4.48. The molecule has 0 atom stereocenters. The summed E-state index contributed by atoms with van der Waals surface area (Å²) < 4.78 is 6.14. The van der Waals surface area contributed by atoms with Crippen molar-refractivity contribution in [3.63, 3.8) is 0 Å². The minimum absolute atomic E-state index is 0.323. The quantitative estimate of drug-likeness (QED) is 0.886. The molecule has 0 saturated carbocycles. The van der Waals surface area contributed by atoms with E-state index in [2.05, 4.69) is 42.0 Å². The molecule has 0 unspecified atom stereocenters. The molecule has 1 N–H and O–H groups in total. The monoisotopic (exact) mass is 245 g/mol. The maximum atomic E-state index is 5.35. The Hall–Kier alpha value is -0.280. The summed E-state index contributed by atoms with van der Waals surface area (Å²) >= 11 is 3.27. The molecule has 0 aromatic carbocycles. The van der Waals surface area contributed by atoms with Crippen LogP contribution in [-0.4, -0.2) is 6.54 Å². The molecule has 1 rings (SSSR count). The van der Waals surface area contributed by atoms with Crippen molar-refractivity contribution >= 4 is 15.9 Å². The van der Waals surface area contributed by atoms with Crippen LogP contribution in [0.3, 0.4) is 0 Å². The van der Waals surface area contributed by atoms with Gasteiger partial charge in [0.15, 0.2) is 4.67 Å². The summed E-state index contributed by atoms with van der Waals surface area (Å²) in [5, 5.41) is 3.34.